The van der Waals surface area contributed by atoms with E-state index in [1.807, 2.05) is 65.0 Å². The van der Waals surface area contributed by atoms with Crippen molar-refractivity contribution in [3.63, 3.8) is 0 Å². The third kappa shape index (κ3) is 21.0. The van der Waals surface area contributed by atoms with E-state index in [9.17, 15) is 28.8 Å². The van der Waals surface area contributed by atoms with Gasteiger partial charge in [0.15, 0.2) is 5.78 Å². The number of rotatable bonds is 41. The zero-order valence-corrected chi connectivity index (χ0v) is 47.8. The Morgan fingerprint density at radius 2 is 1.29 bits per heavy atom. The SMILES string of the molecule is CC[C@H](C)[C@@H]([C@@H](CC(=O)N1CCC[C@H]1[C@H](OC)[C@@H](C)C(=O)C[C@@H](Cc1ccccc1)C(=O)OC)OC)N(C)C(=O)[C@@H](CC(=O)[C@]1(C)CCCN1C(=O)CCOCCOCCOCCOCCOCCOCCN)C(C)C. The highest BCUT2D eigenvalue weighted by atomic mass is 16.6. The fourth-order valence-electron chi connectivity index (χ4n) is 10.6. The van der Waals surface area contributed by atoms with Crippen LogP contribution in [0, 0.1) is 29.6 Å². The normalized spacial score (nSPS) is 19.5. The van der Waals surface area contributed by atoms with Gasteiger partial charge in [-0.05, 0) is 56.4 Å². The summed E-state index contributed by atoms with van der Waals surface area (Å²) in [5.74, 6) is -3.60. The molecule has 76 heavy (non-hydrogen) atoms. The van der Waals surface area contributed by atoms with Gasteiger partial charge in [0.25, 0.3) is 0 Å². The van der Waals surface area contributed by atoms with E-state index in [1.54, 1.807) is 42.9 Å². The van der Waals surface area contributed by atoms with E-state index >= 15 is 0 Å². The number of ketones is 2. The lowest BCUT2D eigenvalue weighted by atomic mass is 9.81. The van der Waals surface area contributed by atoms with Crippen LogP contribution in [0.25, 0.3) is 0 Å². The van der Waals surface area contributed by atoms with Gasteiger partial charge in [-0.1, -0.05) is 71.4 Å². The molecule has 0 spiro atoms. The molecule has 2 fully saturated rings. The summed E-state index contributed by atoms with van der Waals surface area (Å²) in [7, 11) is 6.15. The number of esters is 1. The lowest BCUT2D eigenvalue weighted by molar-refractivity contribution is -0.151. The summed E-state index contributed by atoms with van der Waals surface area (Å²) in [5, 5.41) is 0. The van der Waals surface area contributed by atoms with Crippen molar-refractivity contribution in [2.75, 3.05) is 127 Å². The Labute approximate surface area is 454 Å². The van der Waals surface area contributed by atoms with E-state index in [0.29, 0.717) is 124 Å². The molecular weight excluding hydrogens is 981 g/mol. The van der Waals surface area contributed by atoms with E-state index in [0.717, 1.165) is 12.0 Å². The van der Waals surface area contributed by atoms with Gasteiger partial charge in [-0.15, -0.1) is 0 Å². The molecule has 3 amide bonds. The van der Waals surface area contributed by atoms with Crippen molar-refractivity contribution in [2.24, 2.45) is 35.3 Å². The Balaban J connectivity index is 1.54. The van der Waals surface area contributed by atoms with Crippen LogP contribution in [0.15, 0.2) is 30.3 Å². The summed E-state index contributed by atoms with van der Waals surface area (Å²) in [6, 6.07) is 8.60. The van der Waals surface area contributed by atoms with Crippen molar-refractivity contribution in [1.29, 1.82) is 0 Å². The molecule has 0 aliphatic carbocycles. The minimum absolute atomic E-state index is 0.0195. The fourth-order valence-corrected chi connectivity index (χ4v) is 10.6. The van der Waals surface area contributed by atoms with Gasteiger partial charge in [0.2, 0.25) is 17.7 Å². The molecule has 434 valence electrons. The van der Waals surface area contributed by atoms with Crippen molar-refractivity contribution in [3.05, 3.63) is 35.9 Å². The second kappa shape index (κ2) is 36.3. The Morgan fingerprint density at radius 1 is 0.724 bits per heavy atom. The maximum atomic E-state index is 14.8. The van der Waals surface area contributed by atoms with Crippen molar-refractivity contribution in [1.82, 2.24) is 14.7 Å². The van der Waals surface area contributed by atoms with Gasteiger partial charge in [0.05, 0.1) is 135 Å². The number of nitrogens with zero attached hydrogens (tertiary/aromatic N) is 3. The predicted octanol–water partition coefficient (Wildman–Crippen LogP) is 4.96. The summed E-state index contributed by atoms with van der Waals surface area (Å²) in [4.78, 5) is 89.1. The second-order valence-corrected chi connectivity index (χ2v) is 20.8. The lowest BCUT2D eigenvalue weighted by Crippen LogP contribution is -2.55. The molecule has 2 aliphatic heterocycles. The Morgan fingerprint density at radius 3 is 1.80 bits per heavy atom. The topological polar surface area (TPSA) is 221 Å². The molecule has 19 nitrogen and oxygen atoms in total. The number of ether oxygens (including phenoxy) is 9. The Bertz CT molecular complexity index is 1860. The molecule has 0 saturated carbocycles. The van der Waals surface area contributed by atoms with Crippen LogP contribution in [0.2, 0.25) is 0 Å². The van der Waals surface area contributed by atoms with E-state index in [-0.39, 0.29) is 73.4 Å². The molecule has 0 bridgehead atoms. The van der Waals surface area contributed by atoms with Crippen LogP contribution in [0.4, 0.5) is 0 Å². The zero-order valence-electron chi connectivity index (χ0n) is 47.8. The minimum atomic E-state index is -1.07. The molecule has 19 heteroatoms. The first-order valence-electron chi connectivity index (χ1n) is 27.8. The molecule has 3 rings (SSSR count). The van der Waals surface area contributed by atoms with Crippen LogP contribution in [0.5, 0.6) is 0 Å². The van der Waals surface area contributed by atoms with Gasteiger partial charge in [-0.3, -0.25) is 28.8 Å². The molecule has 2 aliphatic rings. The quantitative estimate of drug-likeness (QED) is 0.0677. The molecule has 0 unspecified atom stereocenters. The first-order valence-corrected chi connectivity index (χ1v) is 27.8. The highest BCUT2D eigenvalue weighted by Gasteiger charge is 2.48. The maximum Gasteiger partial charge on any atom is 0.309 e. The highest BCUT2D eigenvalue weighted by Crippen LogP contribution is 2.36. The lowest BCUT2D eigenvalue weighted by Gasteiger charge is -2.41. The number of hydrogen-bond acceptors (Lipinski definition) is 16. The number of methoxy groups -OCH3 is 3. The number of carbonyl (C=O) groups is 6. The third-order valence-electron chi connectivity index (χ3n) is 15.3. The number of benzene rings is 1. The molecule has 2 N–H and O–H groups in total. The van der Waals surface area contributed by atoms with Gasteiger partial charge in [-0.2, -0.15) is 0 Å². The maximum absolute atomic E-state index is 14.8. The standard InChI is InChI=1S/C57H96N4O15/c1-11-42(4)53(49(68-8)40-52(65)60-23-15-19-47(60)54(69-9)43(5)48(62)38-45(56(67)70-10)37-44-17-13-12-14-18-44)59(7)55(66)46(41(2)3)39-50(63)57(6)21-16-24-61(57)51(64)20-25-71-27-29-73-31-33-75-35-36-76-34-32-74-30-28-72-26-22-58/h12-14,17-18,41-43,45-47,49,53-54H,11,15-16,19-40,58H2,1-10H3/t42-,43-,45+,46-,47-,49+,53-,54+,57-/m0/s1. The van der Waals surface area contributed by atoms with Crippen molar-refractivity contribution >= 4 is 35.3 Å². The smallest absolute Gasteiger partial charge is 0.309 e. The zero-order chi connectivity index (χ0) is 56.0. The monoisotopic (exact) mass is 1080 g/mol. The number of likely N-dealkylation sites (N-methyl/N-ethyl adjacent to an activating group) is 1. The van der Waals surface area contributed by atoms with Gasteiger partial charge >= 0.3 is 5.97 Å². The molecule has 2 heterocycles. The van der Waals surface area contributed by atoms with Crippen LogP contribution in [0.3, 0.4) is 0 Å². The van der Waals surface area contributed by atoms with Gasteiger partial charge < -0.3 is 63.1 Å². The van der Waals surface area contributed by atoms with Crippen molar-refractivity contribution in [2.45, 2.75) is 136 Å². The molecule has 0 radical (unpaired) electrons. The molecule has 1 aromatic rings. The van der Waals surface area contributed by atoms with E-state index in [4.69, 9.17) is 48.4 Å². The number of Topliss-reactive ketones (excluding diaryl/α,β-unsaturated/α-hetero) is 2. The third-order valence-corrected chi connectivity index (χ3v) is 15.3. The van der Waals surface area contributed by atoms with Gasteiger partial charge in [0, 0.05) is 65.6 Å². The number of amides is 3. The van der Waals surface area contributed by atoms with Crippen LogP contribution >= 0.6 is 0 Å². The van der Waals surface area contributed by atoms with E-state index < -0.39 is 53.6 Å². The van der Waals surface area contributed by atoms with Gasteiger partial charge in [-0.25, -0.2) is 0 Å². The van der Waals surface area contributed by atoms with Crippen LogP contribution in [0.1, 0.15) is 105 Å². The van der Waals surface area contributed by atoms with E-state index in [1.165, 1.54) is 7.11 Å². The first kappa shape index (κ1) is 66.4. The highest BCUT2D eigenvalue weighted by molar-refractivity contribution is 5.96. The summed E-state index contributed by atoms with van der Waals surface area (Å²) in [6.45, 7) is 17.9. The second-order valence-electron chi connectivity index (χ2n) is 20.8. The number of carbonyl (C=O) groups excluding carboxylic acids is 6. The summed E-state index contributed by atoms with van der Waals surface area (Å²) in [6.07, 6.45) is 2.27. The van der Waals surface area contributed by atoms with Crippen molar-refractivity contribution in [3.8, 4) is 0 Å². The molecule has 2 saturated heterocycles. The van der Waals surface area contributed by atoms with Crippen LogP contribution in [-0.4, -0.2) is 207 Å². The molecular formula is C57H96N4O15. The summed E-state index contributed by atoms with van der Waals surface area (Å²) < 4.78 is 50.2. The molecule has 0 aromatic heterocycles. The minimum Gasteiger partial charge on any atom is -0.469 e. The Kier molecular flexibility index (Phi) is 31.7. The predicted molar refractivity (Wildman–Crippen MR) is 287 cm³/mol. The summed E-state index contributed by atoms with van der Waals surface area (Å²) in [5.41, 5.74) is 5.23. The van der Waals surface area contributed by atoms with Crippen LogP contribution < -0.4 is 5.73 Å². The first-order chi connectivity index (χ1) is 36.5. The summed E-state index contributed by atoms with van der Waals surface area (Å²) >= 11 is 0. The fraction of sp³-hybridized carbons (Fsp3) is 0.789. The Hall–Kier alpha value is -3.92. The molecule has 9 atom stereocenters. The average molecular weight is 1080 g/mol. The van der Waals surface area contributed by atoms with Gasteiger partial charge in [0.1, 0.15) is 5.78 Å². The average Bonchev–Trinajstić information content (AvgIpc) is 4.07. The van der Waals surface area contributed by atoms with Crippen molar-refractivity contribution < 1.29 is 71.4 Å². The number of hydrogen-bond donors (Lipinski definition) is 1. The largest absolute Gasteiger partial charge is 0.469 e. The van der Waals surface area contributed by atoms with Crippen LogP contribution in [-0.2, 0) is 77.8 Å². The number of likely N-dealkylation sites (tertiary alicyclic amines) is 2. The van der Waals surface area contributed by atoms with E-state index in [2.05, 4.69) is 0 Å². The molecule has 1 aromatic carbocycles. The number of nitrogens with two attached hydrogens (primary N) is 1.